The molecule has 1 saturated heterocycles. The van der Waals surface area contributed by atoms with Crippen molar-refractivity contribution < 1.29 is 31.5 Å². The first-order valence-corrected chi connectivity index (χ1v) is 13.2. The Kier molecular flexibility index (Phi) is 8.64. The summed E-state index contributed by atoms with van der Waals surface area (Å²) in [7, 11) is -3.95. The van der Waals surface area contributed by atoms with Gasteiger partial charge in [-0.1, -0.05) is 6.92 Å². The summed E-state index contributed by atoms with van der Waals surface area (Å²) in [6.07, 6.45) is 2.72. The van der Waals surface area contributed by atoms with Gasteiger partial charge < -0.3 is 25.7 Å². The molecule has 1 aliphatic carbocycles. The van der Waals surface area contributed by atoms with E-state index in [4.69, 9.17) is 15.6 Å². The first kappa shape index (κ1) is 28.2. The number of rotatable bonds is 10. The van der Waals surface area contributed by atoms with Crippen molar-refractivity contribution in [2.24, 2.45) is 5.41 Å². The maximum atomic E-state index is 13.6. The van der Waals surface area contributed by atoms with Gasteiger partial charge in [0.15, 0.2) is 0 Å². The van der Waals surface area contributed by atoms with Gasteiger partial charge in [-0.3, -0.25) is 15.0 Å². The van der Waals surface area contributed by atoms with E-state index in [9.17, 15) is 26.8 Å². The van der Waals surface area contributed by atoms with E-state index in [0.717, 1.165) is 35.5 Å². The van der Waals surface area contributed by atoms with Crippen LogP contribution in [-0.2, 0) is 24.3 Å². The molecule has 37 heavy (non-hydrogen) atoms. The van der Waals surface area contributed by atoms with E-state index in [2.05, 4.69) is 10.6 Å². The molecule has 14 heteroatoms. The second kappa shape index (κ2) is 11.3. The number of sulfonamides is 1. The first-order valence-electron chi connectivity index (χ1n) is 11.5. The van der Waals surface area contributed by atoms with Crippen LogP contribution in [0.15, 0.2) is 29.7 Å². The van der Waals surface area contributed by atoms with E-state index < -0.39 is 39.2 Å². The quantitative estimate of drug-likeness (QED) is 0.153. The third-order valence-electron chi connectivity index (χ3n) is 5.98. The standard InChI is InChI=1S/C23H30F2N6O5S/c1-15(27)28-20(32)13-37(34,35)31-7-5-30(6-8-31)19(12-26)21(36-14-23(2)3-4-23)22(33)29-18-10-16(24)9-17(25)11-18/h9-12,26H,3-8,13-14H2,1-2H3,(H,29,33)(H2,27,28,32)/b21-19-,26-12?. The van der Waals surface area contributed by atoms with Crippen molar-refractivity contribution in [2.75, 3.05) is 43.9 Å². The van der Waals surface area contributed by atoms with Crippen LogP contribution in [0.5, 0.6) is 0 Å². The van der Waals surface area contributed by atoms with Gasteiger partial charge in [0.25, 0.3) is 5.91 Å². The minimum absolute atomic E-state index is 0.0156. The Balaban J connectivity index is 1.78. The highest BCUT2D eigenvalue weighted by Crippen LogP contribution is 2.45. The molecule has 0 radical (unpaired) electrons. The maximum absolute atomic E-state index is 13.6. The van der Waals surface area contributed by atoms with Crippen molar-refractivity contribution in [3.8, 4) is 0 Å². The number of ether oxygens (including phenoxy) is 1. The normalized spacial score (nSPS) is 17.9. The van der Waals surface area contributed by atoms with Gasteiger partial charge in [0.1, 0.15) is 23.1 Å². The predicted octanol–water partition coefficient (Wildman–Crippen LogP) is 1.64. The van der Waals surface area contributed by atoms with E-state index >= 15 is 0 Å². The number of carbonyl (C=O) groups excluding carboxylic acids is 2. The Morgan fingerprint density at radius 1 is 1.14 bits per heavy atom. The lowest BCUT2D eigenvalue weighted by Gasteiger charge is -2.36. The molecular weight excluding hydrogens is 510 g/mol. The third kappa shape index (κ3) is 7.79. The lowest BCUT2D eigenvalue weighted by Crippen LogP contribution is -2.51. The summed E-state index contributed by atoms with van der Waals surface area (Å²) in [5, 5.41) is 19.7. The Morgan fingerprint density at radius 3 is 2.24 bits per heavy atom. The molecule has 0 spiro atoms. The fourth-order valence-corrected chi connectivity index (χ4v) is 4.99. The van der Waals surface area contributed by atoms with Gasteiger partial charge in [0, 0.05) is 49.6 Å². The van der Waals surface area contributed by atoms with E-state index in [-0.39, 0.29) is 61.2 Å². The summed E-state index contributed by atoms with van der Waals surface area (Å²) in [4.78, 5) is 26.6. The SMILES string of the molecule is CC(=N)NC(=O)CS(=O)(=O)N1CCN(/C(C=N)=C(\OCC2(C)CC2)C(=O)Nc2cc(F)cc(F)c2)CC1. The number of halogens is 2. The number of nitrogens with zero attached hydrogens (tertiary/aromatic N) is 2. The molecule has 4 N–H and O–H groups in total. The molecule has 1 aliphatic heterocycles. The van der Waals surface area contributed by atoms with E-state index in [1.54, 1.807) is 4.90 Å². The number of amides is 2. The van der Waals surface area contributed by atoms with Gasteiger partial charge in [0.05, 0.1) is 12.4 Å². The summed E-state index contributed by atoms with van der Waals surface area (Å²) in [5.74, 6) is -4.56. The molecule has 1 saturated carbocycles. The van der Waals surface area contributed by atoms with Crippen molar-refractivity contribution in [1.29, 1.82) is 10.8 Å². The predicted molar refractivity (Wildman–Crippen MR) is 133 cm³/mol. The summed E-state index contributed by atoms with van der Waals surface area (Å²) in [6, 6.07) is 2.57. The van der Waals surface area contributed by atoms with Crippen molar-refractivity contribution in [2.45, 2.75) is 26.7 Å². The number of allylic oxidation sites excluding steroid dienone is 1. The van der Waals surface area contributed by atoms with Gasteiger partial charge in [0.2, 0.25) is 21.7 Å². The zero-order valence-electron chi connectivity index (χ0n) is 20.6. The van der Waals surface area contributed by atoms with Crippen LogP contribution >= 0.6 is 0 Å². The smallest absolute Gasteiger partial charge is 0.293 e. The molecule has 11 nitrogen and oxygen atoms in total. The molecule has 1 aromatic carbocycles. The van der Waals surface area contributed by atoms with Crippen LogP contribution in [0.1, 0.15) is 26.7 Å². The molecule has 3 rings (SSSR count). The van der Waals surface area contributed by atoms with Crippen LogP contribution in [0, 0.1) is 27.9 Å². The number of piperazine rings is 1. The van der Waals surface area contributed by atoms with Crippen molar-refractivity contribution >= 4 is 39.6 Å². The van der Waals surface area contributed by atoms with Gasteiger partial charge in [-0.2, -0.15) is 4.31 Å². The number of hydrogen-bond donors (Lipinski definition) is 4. The molecule has 2 amide bonds. The van der Waals surface area contributed by atoms with Crippen LogP contribution in [0.25, 0.3) is 0 Å². The molecule has 2 fully saturated rings. The maximum Gasteiger partial charge on any atom is 0.293 e. The zero-order valence-corrected chi connectivity index (χ0v) is 21.4. The van der Waals surface area contributed by atoms with E-state index in [0.29, 0.717) is 6.07 Å². The highest BCUT2D eigenvalue weighted by atomic mass is 32.2. The highest BCUT2D eigenvalue weighted by molar-refractivity contribution is 7.89. The highest BCUT2D eigenvalue weighted by Gasteiger charge is 2.39. The van der Waals surface area contributed by atoms with Crippen molar-refractivity contribution in [1.82, 2.24) is 14.5 Å². The van der Waals surface area contributed by atoms with Crippen LogP contribution in [-0.4, -0.2) is 80.0 Å². The fraction of sp³-hybridized carbons (Fsp3) is 0.478. The van der Waals surface area contributed by atoms with Gasteiger partial charge in [-0.25, -0.2) is 17.2 Å². The second-order valence-corrected chi connectivity index (χ2v) is 11.4. The average Bonchev–Trinajstić information content (AvgIpc) is 3.52. The Morgan fingerprint density at radius 2 is 1.73 bits per heavy atom. The van der Waals surface area contributed by atoms with Gasteiger partial charge >= 0.3 is 0 Å². The summed E-state index contributed by atoms with van der Waals surface area (Å²) >= 11 is 0. The average molecular weight is 541 g/mol. The number of anilines is 1. The summed E-state index contributed by atoms with van der Waals surface area (Å²) in [6.45, 7) is 3.66. The van der Waals surface area contributed by atoms with Crippen molar-refractivity contribution in [3.63, 3.8) is 0 Å². The van der Waals surface area contributed by atoms with Gasteiger partial charge in [-0.15, -0.1) is 0 Å². The molecule has 202 valence electrons. The number of amidine groups is 1. The van der Waals surface area contributed by atoms with Gasteiger partial charge in [-0.05, 0) is 31.9 Å². The van der Waals surface area contributed by atoms with Crippen LogP contribution in [0.4, 0.5) is 14.5 Å². The second-order valence-electron chi connectivity index (χ2n) is 9.39. The minimum Gasteiger partial charge on any atom is -0.486 e. The van der Waals surface area contributed by atoms with Crippen LogP contribution < -0.4 is 10.6 Å². The molecule has 1 aromatic rings. The summed E-state index contributed by atoms with van der Waals surface area (Å²) < 4.78 is 59.4. The lowest BCUT2D eigenvalue weighted by atomic mass is 10.2. The lowest BCUT2D eigenvalue weighted by molar-refractivity contribution is -0.117. The third-order valence-corrected chi connectivity index (χ3v) is 7.76. The molecule has 0 aromatic heterocycles. The zero-order chi connectivity index (χ0) is 27.4. The van der Waals surface area contributed by atoms with Crippen LogP contribution in [0.2, 0.25) is 0 Å². The van der Waals surface area contributed by atoms with E-state index in [1.165, 1.54) is 6.92 Å². The molecule has 2 aliphatic rings. The molecule has 0 bridgehead atoms. The molecule has 1 heterocycles. The number of hydrogen-bond acceptors (Lipinski definition) is 8. The Labute approximate surface area is 213 Å². The number of nitrogens with one attached hydrogen (secondary N) is 4. The van der Waals surface area contributed by atoms with Crippen LogP contribution in [0.3, 0.4) is 0 Å². The number of benzene rings is 1. The minimum atomic E-state index is -3.95. The van der Waals surface area contributed by atoms with Crippen molar-refractivity contribution in [3.05, 3.63) is 41.3 Å². The molecule has 0 unspecified atom stereocenters. The fourth-order valence-electron chi connectivity index (χ4n) is 3.68. The summed E-state index contributed by atoms with van der Waals surface area (Å²) in [5.41, 5.74) is -0.154. The van der Waals surface area contributed by atoms with E-state index in [1.807, 2.05) is 6.92 Å². The number of carbonyl (C=O) groups is 2. The Bertz CT molecular complexity index is 1200. The first-order chi connectivity index (χ1) is 17.3. The monoisotopic (exact) mass is 540 g/mol. The Hall–Kier alpha value is -3.39. The largest absolute Gasteiger partial charge is 0.486 e. The topological polar surface area (TPSA) is 156 Å². The molecule has 0 atom stereocenters. The molecular formula is C23H30F2N6O5S.